The van der Waals surface area contributed by atoms with Gasteiger partial charge in [0.25, 0.3) is 0 Å². The fraction of sp³-hybridized carbons (Fsp3) is 0.389. The lowest BCUT2D eigenvalue weighted by molar-refractivity contribution is 0.598. The molecule has 22 heavy (non-hydrogen) atoms. The number of halogens is 2. The van der Waals surface area contributed by atoms with Crippen molar-refractivity contribution in [3.8, 4) is 0 Å². The molecular weight excluding hydrogens is 315 g/mol. The molecule has 0 saturated carbocycles. The Hall–Kier alpha value is -1.25. The molecule has 2 N–H and O–H groups in total. The van der Waals surface area contributed by atoms with Crippen molar-refractivity contribution in [2.75, 3.05) is 5.73 Å². The van der Waals surface area contributed by atoms with Gasteiger partial charge in [0.1, 0.15) is 0 Å². The third kappa shape index (κ3) is 2.39. The number of nitrogen functional groups attached to an aromatic ring is 1. The SMILES string of the molecule is CCC1=CC2CC(=c3c(nc4c(c3N)CC=C(Cl)C=4)C2)C1.Cl. The van der Waals surface area contributed by atoms with E-state index in [2.05, 4.69) is 13.0 Å². The molecule has 1 atom stereocenters. The van der Waals surface area contributed by atoms with Gasteiger partial charge in [-0.2, -0.15) is 0 Å². The van der Waals surface area contributed by atoms with Crippen molar-refractivity contribution in [2.24, 2.45) is 5.92 Å². The molecule has 0 aromatic carbocycles. The smallest absolute Gasteiger partial charge is 0.0703 e. The van der Waals surface area contributed by atoms with E-state index in [-0.39, 0.29) is 12.4 Å². The largest absolute Gasteiger partial charge is 0.398 e. The Labute approximate surface area is 141 Å². The molecule has 116 valence electrons. The summed E-state index contributed by atoms with van der Waals surface area (Å²) in [4.78, 5) is 4.89. The van der Waals surface area contributed by atoms with Gasteiger partial charge in [-0.3, -0.25) is 4.98 Å². The minimum atomic E-state index is 0. The highest BCUT2D eigenvalue weighted by Crippen LogP contribution is 2.34. The van der Waals surface area contributed by atoms with E-state index in [0.717, 1.165) is 53.7 Å². The molecule has 0 amide bonds. The number of nitrogens with zero attached hydrogens (tertiary/aromatic N) is 1. The zero-order valence-corrected chi connectivity index (χ0v) is 14.2. The Bertz CT molecular complexity index is 818. The van der Waals surface area contributed by atoms with E-state index >= 15 is 0 Å². The van der Waals surface area contributed by atoms with Gasteiger partial charge in [0.2, 0.25) is 0 Å². The molecule has 0 spiro atoms. The van der Waals surface area contributed by atoms with Crippen molar-refractivity contribution >= 4 is 41.3 Å². The number of aromatic nitrogens is 1. The minimum absolute atomic E-state index is 0. The molecule has 4 rings (SSSR count). The lowest BCUT2D eigenvalue weighted by atomic mass is 9.77. The molecule has 1 heterocycles. The second kappa shape index (κ2) is 5.75. The van der Waals surface area contributed by atoms with Crippen LogP contribution in [0.4, 0.5) is 5.69 Å². The van der Waals surface area contributed by atoms with Gasteiger partial charge in [0.05, 0.1) is 11.0 Å². The second-order valence-electron chi connectivity index (χ2n) is 6.28. The van der Waals surface area contributed by atoms with E-state index in [1.165, 1.54) is 16.5 Å². The number of pyridine rings is 1. The van der Waals surface area contributed by atoms with Gasteiger partial charge in [-0.05, 0) is 44.1 Å². The summed E-state index contributed by atoms with van der Waals surface area (Å²) >= 11 is 6.12. The van der Waals surface area contributed by atoms with Crippen LogP contribution in [0.2, 0.25) is 0 Å². The third-order valence-electron chi connectivity index (χ3n) is 4.91. The van der Waals surface area contributed by atoms with Crippen molar-refractivity contribution in [3.05, 3.63) is 44.6 Å². The first-order chi connectivity index (χ1) is 10.2. The predicted octanol–water partition coefficient (Wildman–Crippen LogP) is 3.00. The lowest BCUT2D eigenvalue weighted by Crippen LogP contribution is -2.36. The Balaban J connectivity index is 0.00000144. The topological polar surface area (TPSA) is 38.9 Å². The van der Waals surface area contributed by atoms with Gasteiger partial charge in [0.15, 0.2) is 0 Å². The Morgan fingerprint density at radius 1 is 1.36 bits per heavy atom. The summed E-state index contributed by atoms with van der Waals surface area (Å²) in [7, 11) is 0. The molecule has 4 heteroatoms. The normalized spacial score (nSPS) is 21.7. The zero-order chi connectivity index (χ0) is 14.6. The van der Waals surface area contributed by atoms with Crippen LogP contribution in [0.1, 0.15) is 37.4 Å². The van der Waals surface area contributed by atoms with Crippen LogP contribution in [0.5, 0.6) is 0 Å². The fourth-order valence-corrected chi connectivity index (χ4v) is 4.09. The highest BCUT2D eigenvalue weighted by Gasteiger charge is 2.26. The first-order valence-corrected chi connectivity index (χ1v) is 8.09. The number of hydrogen-bond donors (Lipinski definition) is 1. The molecule has 0 saturated heterocycles. The van der Waals surface area contributed by atoms with Crippen LogP contribution in [-0.2, 0) is 12.8 Å². The number of hydrogen-bond acceptors (Lipinski definition) is 2. The summed E-state index contributed by atoms with van der Waals surface area (Å²) in [6.45, 7) is 2.24. The average Bonchev–Trinajstić information content (AvgIpc) is 2.46. The van der Waals surface area contributed by atoms with Crippen molar-refractivity contribution in [2.45, 2.75) is 39.0 Å². The van der Waals surface area contributed by atoms with Crippen LogP contribution in [-0.4, -0.2) is 4.98 Å². The molecule has 1 aromatic rings. The first-order valence-electron chi connectivity index (χ1n) is 7.72. The minimum Gasteiger partial charge on any atom is -0.398 e. The molecule has 3 aliphatic rings. The van der Waals surface area contributed by atoms with Crippen molar-refractivity contribution in [3.63, 3.8) is 0 Å². The maximum Gasteiger partial charge on any atom is 0.0703 e. The van der Waals surface area contributed by atoms with Gasteiger partial charge >= 0.3 is 0 Å². The molecule has 2 nitrogen and oxygen atoms in total. The summed E-state index contributed by atoms with van der Waals surface area (Å²) in [5.41, 5.74) is 12.8. The van der Waals surface area contributed by atoms with Crippen molar-refractivity contribution < 1.29 is 0 Å². The van der Waals surface area contributed by atoms with E-state index < -0.39 is 0 Å². The summed E-state index contributed by atoms with van der Waals surface area (Å²) in [6.07, 6.45) is 11.6. The monoisotopic (exact) mass is 334 g/mol. The summed E-state index contributed by atoms with van der Waals surface area (Å²) in [5.74, 6) is 0.607. The number of fused-ring (bicyclic) bond motifs is 4. The Morgan fingerprint density at radius 2 is 2.18 bits per heavy atom. The maximum atomic E-state index is 6.52. The second-order valence-corrected chi connectivity index (χ2v) is 6.71. The third-order valence-corrected chi connectivity index (χ3v) is 5.17. The molecule has 1 aromatic heterocycles. The zero-order valence-electron chi connectivity index (χ0n) is 12.7. The molecule has 3 aliphatic carbocycles. The van der Waals surface area contributed by atoms with Crippen LogP contribution in [0.15, 0.2) is 22.8 Å². The maximum absolute atomic E-state index is 6.52. The quantitative estimate of drug-likeness (QED) is 0.802. The van der Waals surface area contributed by atoms with Gasteiger partial charge in [-0.1, -0.05) is 41.8 Å². The predicted molar refractivity (Wildman–Crippen MR) is 95.5 cm³/mol. The molecule has 1 unspecified atom stereocenters. The molecule has 0 aliphatic heterocycles. The summed E-state index contributed by atoms with van der Waals surface area (Å²) in [5, 5.41) is 2.99. The number of rotatable bonds is 1. The van der Waals surface area contributed by atoms with E-state index in [4.69, 9.17) is 22.3 Å². The highest BCUT2D eigenvalue weighted by molar-refractivity contribution is 6.34. The molecule has 0 radical (unpaired) electrons. The van der Waals surface area contributed by atoms with E-state index in [1.807, 2.05) is 12.2 Å². The fourth-order valence-electron chi connectivity index (χ4n) is 3.90. The highest BCUT2D eigenvalue weighted by atomic mass is 35.5. The van der Waals surface area contributed by atoms with Gasteiger partial charge < -0.3 is 5.73 Å². The Kier molecular flexibility index (Phi) is 4.09. The Morgan fingerprint density at radius 3 is 2.95 bits per heavy atom. The molecule has 2 bridgehead atoms. The first kappa shape index (κ1) is 15.6. The van der Waals surface area contributed by atoms with Crippen LogP contribution < -0.4 is 16.3 Å². The molecule has 0 fully saturated rings. The van der Waals surface area contributed by atoms with Gasteiger partial charge in [0, 0.05) is 21.5 Å². The van der Waals surface area contributed by atoms with Gasteiger partial charge in [-0.15, -0.1) is 12.4 Å². The van der Waals surface area contributed by atoms with Crippen LogP contribution in [0.3, 0.4) is 0 Å². The van der Waals surface area contributed by atoms with E-state index in [0.29, 0.717) is 5.92 Å². The van der Waals surface area contributed by atoms with E-state index in [1.54, 1.807) is 5.57 Å². The van der Waals surface area contributed by atoms with Crippen LogP contribution in [0.25, 0.3) is 11.6 Å². The van der Waals surface area contributed by atoms with Crippen molar-refractivity contribution in [1.29, 1.82) is 0 Å². The van der Waals surface area contributed by atoms with E-state index in [9.17, 15) is 0 Å². The summed E-state index contributed by atoms with van der Waals surface area (Å²) < 4.78 is 0. The lowest BCUT2D eigenvalue weighted by Gasteiger charge is -2.29. The number of nitrogens with two attached hydrogens (primary N) is 1. The number of allylic oxidation sites excluding steroid dienone is 4. The van der Waals surface area contributed by atoms with Gasteiger partial charge in [-0.25, -0.2) is 0 Å². The average molecular weight is 335 g/mol. The van der Waals surface area contributed by atoms with Crippen LogP contribution in [0, 0.1) is 5.92 Å². The van der Waals surface area contributed by atoms with Crippen molar-refractivity contribution in [1.82, 2.24) is 4.98 Å². The standard InChI is InChI=1S/C18H19ClN2.ClH/c1-2-10-5-11-7-12(6-10)17-16(8-11)21-15-9-13(19)3-4-14(15)18(17)20;/h3,5,9,11H,2,4,6-8,20H2,1H3;1H. The summed E-state index contributed by atoms with van der Waals surface area (Å²) in [6, 6.07) is 0. The number of anilines is 1. The van der Waals surface area contributed by atoms with Crippen LogP contribution >= 0.6 is 24.0 Å². The molecular formula is C18H20Cl2N2.